The van der Waals surface area contributed by atoms with E-state index in [2.05, 4.69) is 22.0 Å². The van der Waals surface area contributed by atoms with E-state index in [1.807, 2.05) is 0 Å². The van der Waals surface area contributed by atoms with E-state index in [4.69, 9.17) is 22.8 Å². The van der Waals surface area contributed by atoms with E-state index in [1.165, 1.54) is 6.33 Å². The van der Waals surface area contributed by atoms with Crippen molar-refractivity contribution in [3.8, 4) is 12.3 Å². The summed E-state index contributed by atoms with van der Waals surface area (Å²) in [7, 11) is 0. The van der Waals surface area contributed by atoms with Gasteiger partial charge in [0.05, 0.1) is 12.0 Å². The summed E-state index contributed by atoms with van der Waals surface area (Å²) < 4.78 is 7.29. The van der Waals surface area contributed by atoms with Gasteiger partial charge in [-0.25, -0.2) is 9.97 Å². The number of allylic oxidation sites excluding steroid dienone is 2. The maximum absolute atomic E-state index is 10.9. The monoisotopic (exact) mass is 389 g/mol. The number of ether oxygens (including phenoxy) is 1. The highest BCUT2D eigenvalue weighted by Crippen LogP contribution is 2.43. The van der Waals surface area contributed by atoms with Crippen molar-refractivity contribution < 1.29 is 20.1 Å². The van der Waals surface area contributed by atoms with E-state index in [9.17, 15) is 15.3 Å². The standard InChI is InChI=1S/C19H20ClN3O4/c1-2-19(26)15(25)13(9-24)27-18(19)23-8-12(11-6-4-3-5-7-11)14-16(20)21-10-22-17(14)23/h1,6,8,10,13,15,18,24-26H,3-5,7,9H2/t13-,15-,18-,19-/m1/s1. The van der Waals surface area contributed by atoms with E-state index in [1.54, 1.807) is 10.8 Å². The number of hydrogen-bond donors (Lipinski definition) is 3. The Balaban J connectivity index is 1.92. The number of nitrogens with zero attached hydrogens (tertiary/aromatic N) is 3. The first-order valence-corrected chi connectivity index (χ1v) is 9.24. The van der Waals surface area contributed by atoms with E-state index in [0.717, 1.165) is 36.8 Å². The van der Waals surface area contributed by atoms with Crippen LogP contribution in [-0.2, 0) is 4.74 Å². The average molecular weight is 390 g/mol. The van der Waals surface area contributed by atoms with Gasteiger partial charge in [-0.3, -0.25) is 0 Å². The summed E-state index contributed by atoms with van der Waals surface area (Å²) in [5.41, 5.74) is 0.416. The van der Waals surface area contributed by atoms with Gasteiger partial charge in [0.2, 0.25) is 0 Å². The van der Waals surface area contributed by atoms with E-state index >= 15 is 0 Å². The first kappa shape index (κ1) is 18.4. The zero-order valence-electron chi connectivity index (χ0n) is 14.5. The summed E-state index contributed by atoms with van der Waals surface area (Å²) in [6.45, 7) is -0.478. The van der Waals surface area contributed by atoms with Crippen LogP contribution >= 0.6 is 11.6 Å². The minimum absolute atomic E-state index is 0.293. The highest BCUT2D eigenvalue weighted by atomic mass is 35.5. The fraction of sp³-hybridized carbons (Fsp3) is 0.474. The first-order valence-electron chi connectivity index (χ1n) is 8.86. The van der Waals surface area contributed by atoms with Gasteiger partial charge in [-0.1, -0.05) is 23.6 Å². The number of rotatable bonds is 3. The molecule has 4 rings (SSSR count). The molecule has 1 aliphatic heterocycles. The van der Waals surface area contributed by atoms with E-state index < -0.39 is 30.6 Å². The van der Waals surface area contributed by atoms with Crippen LogP contribution in [0.1, 0.15) is 37.5 Å². The van der Waals surface area contributed by atoms with Crippen molar-refractivity contribution in [2.75, 3.05) is 6.61 Å². The normalized spacial score (nSPS) is 31.1. The molecule has 7 nitrogen and oxygen atoms in total. The molecular weight excluding hydrogens is 370 g/mol. The van der Waals surface area contributed by atoms with Crippen LogP contribution < -0.4 is 0 Å². The maximum Gasteiger partial charge on any atom is 0.199 e. The SMILES string of the molecule is C#C[C@@]1(O)[C@H](O)[C@@H](CO)O[C@H]1n1cc(C2=CCCCC2)c2c(Cl)ncnc21. The van der Waals surface area contributed by atoms with Gasteiger partial charge in [0.1, 0.15) is 29.3 Å². The third kappa shape index (κ3) is 2.76. The lowest BCUT2D eigenvalue weighted by atomic mass is 9.94. The Kier molecular flexibility index (Phi) is 4.70. The predicted molar refractivity (Wildman–Crippen MR) is 99.8 cm³/mol. The minimum Gasteiger partial charge on any atom is -0.394 e. The lowest BCUT2D eigenvalue weighted by molar-refractivity contribution is -0.0718. The number of aromatic nitrogens is 3. The highest BCUT2D eigenvalue weighted by Gasteiger charge is 2.55. The lowest BCUT2D eigenvalue weighted by Crippen LogP contribution is -2.45. The second-order valence-corrected chi connectivity index (χ2v) is 7.27. The van der Waals surface area contributed by atoms with Gasteiger partial charge in [0, 0.05) is 11.8 Å². The molecular formula is C19H20ClN3O4. The van der Waals surface area contributed by atoms with Crippen LogP contribution in [0, 0.1) is 12.3 Å². The first-order chi connectivity index (χ1) is 13.0. The molecule has 0 spiro atoms. The zero-order chi connectivity index (χ0) is 19.2. The summed E-state index contributed by atoms with van der Waals surface area (Å²) in [4.78, 5) is 8.40. The van der Waals surface area contributed by atoms with Crippen molar-refractivity contribution in [1.29, 1.82) is 0 Å². The Bertz CT molecular complexity index is 950. The third-order valence-electron chi connectivity index (χ3n) is 5.35. The Morgan fingerprint density at radius 2 is 2.22 bits per heavy atom. The maximum atomic E-state index is 10.9. The molecule has 3 N–H and O–H groups in total. The van der Waals surface area contributed by atoms with Crippen LogP contribution in [0.15, 0.2) is 18.6 Å². The molecule has 0 unspecified atom stereocenters. The molecule has 27 heavy (non-hydrogen) atoms. The molecule has 2 aromatic heterocycles. The van der Waals surface area contributed by atoms with Crippen LogP contribution in [0.25, 0.3) is 16.6 Å². The summed E-state index contributed by atoms with van der Waals surface area (Å²) >= 11 is 6.37. The number of aliphatic hydroxyl groups is 3. The topological polar surface area (TPSA) is 101 Å². The average Bonchev–Trinajstić information content (AvgIpc) is 3.20. The van der Waals surface area contributed by atoms with Crippen molar-refractivity contribution >= 4 is 28.2 Å². The molecule has 8 heteroatoms. The van der Waals surface area contributed by atoms with Gasteiger partial charge in [-0.05, 0) is 31.3 Å². The molecule has 0 amide bonds. The van der Waals surface area contributed by atoms with Crippen LogP contribution in [0.2, 0.25) is 5.15 Å². The second kappa shape index (κ2) is 6.89. The Labute approximate surface area is 161 Å². The largest absolute Gasteiger partial charge is 0.394 e. The molecule has 0 bridgehead atoms. The van der Waals surface area contributed by atoms with Gasteiger partial charge in [-0.15, -0.1) is 6.42 Å². The van der Waals surface area contributed by atoms with Gasteiger partial charge in [0.15, 0.2) is 11.8 Å². The van der Waals surface area contributed by atoms with Crippen LogP contribution in [0.5, 0.6) is 0 Å². The molecule has 2 aliphatic rings. The Morgan fingerprint density at radius 1 is 1.41 bits per heavy atom. The number of fused-ring (bicyclic) bond motifs is 1. The summed E-state index contributed by atoms with van der Waals surface area (Å²) in [5.74, 6) is 2.23. The van der Waals surface area contributed by atoms with E-state index in [0.29, 0.717) is 16.2 Å². The molecule has 142 valence electrons. The number of halogens is 1. The van der Waals surface area contributed by atoms with Crippen LogP contribution in [0.4, 0.5) is 0 Å². The van der Waals surface area contributed by atoms with Crippen molar-refractivity contribution in [1.82, 2.24) is 14.5 Å². The molecule has 1 saturated heterocycles. The fourth-order valence-corrected chi connectivity index (χ4v) is 4.13. The van der Waals surface area contributed by atoms with Crippen molar-refractivity contribution in [2.45, 2.75) is 49.7 Å². The Hall–Kier alpha value is -1.95. The molecule has 2 aromatic rings. The number of aliphatic hydroxyl groups excluding tert-OH is 2. The zero-order valence-corrected chi connectivity index (χ0v) is 15.3. The molecule has 1 aliphatic carbocycles. The highest BCUT2D eigenvalue weighted by molar-refractivity contribution is 6.34. The quantitative estimate of drug-likeness (QED) is 0.545. The third-order valence-corrected chi connectivity index (χ3v) is 5.63. The number of terminal acetylenes is 1. The Morgan fingerprint density at radius 3 is 2.89 bits per heavy atom. The minimum atomic E-state index is -2.02. The molecule has 0 aromatic carbocycles. The summed E-state index contributed by atoms with van der Waals surface area (Å²) in [6.07, 6.45) is 11.3. The predicted octanol–water partition coefficient (Wildman–Crippen LogP) is 1.66. The van der Waals surface area contributed by atoms with Crippen molar-refractivity contribution in [3.05, 3.63) is 29.3 Å². The molecule has 0 radical (unpaired) electrons. The number of hydrogen-bond acceptors (Lipinski definition) is 6. The van der Waals surface area contributed by atoms with Gasteiger partial charge in [-0.2, -0.15) is 0 Å². The van der Waals surface area contributed by atoms with Crippen molar-refractivity contribution in [2.24, 2.45) is 0 Å². The smallest absolute Gasteiger partial charge is 0.199 e. The fourth-order valence-electron chi connectivity index (χ4n) is 3.90. The van der Waals surface area contributed by atoms with Gasteiger partial charge < -0.3 is 24.6 Å². The van der Waals surface area contributed by atoms with Gasteiger partial charge >= 0.3 is 0 Å². The lowest BCUT2D eigenvalue weighted by Gasteiger charge is -2.26. The van der Waals surface area contributed by atoms with Gasteiger partial charge in [0.25, 0.3) is 0 Å². The molecule has 1 fully saturated rings. The van der Waals surface area contributed by atoms with Crippen LogP contribution in [0.3, 0.4) is 0 Å². The summed E-state index contributed by atoms with van der Waals surface area (Å²) in [5, 5.41) is 31.7. The molecule has 4 atom stereocenters. The van der Waals surface area contributed by atoms with Crippen LogP contribution in [-0.4, -0.2) is 54.3 Å². The van der Waals surface area contributed by atoms with Crippen molar-refractivity contribution in [3.63, 3.8) is 0 Å². The second-order valence-electron chi connectivity index (χ2n) is 6.91. The molecule has 0 saturated carbocycles. The molecule has 3 heterocycles. The van der Waals surface area contributed by atoms with E-state index in [-0.39, 0.29) is 0 Å². The summed E-state index contributed by atoms with van der Waals surface area (Å²) in [6, 6.07) is 0.